The average Bonchev–Trinajstić information content (AvgIpc) is 3.00. The summed E-state index contributed by atoms with van der Waals surface area (Å²) in [5.41, 5.74) is 2.66. The van der Waals surface area contributed by atoms with E-state index in [0.717, 1.165) is 54.6 Å². The van der Waals surface area contributed by atoms with Gasteiger partial charge in [-0.05, 0) is 101 Å². The standard InChI is InChI=1S/C35H34N2O2/c1-3-23-22-37-17-15-26(23)20-35(37,34(38)30-14-16-36-33-13-12-27(39-2)19-31(30)33)21-32-28-10-6-4-8-24(28)18-25-9-5-7-11-29(25)32/h3-14,16,18-19,23,26,34,38H,1,15,17,20-22H2,2H3. The topological polar surface area (TPSA) is 45.6 Å². The number of benzene rings is 4. The Labute approximate surface area is 229 Å². The summed E-state index contributed by atoms with van der Waals surface area (Å²) in [6.45, 7) is 6.09. The Kier molecular flexibility index (Phi) is 5.91. The van der Waals surface area contributed by atoms with E-state index >= 15 is 0 Å². The molecule has 2 bridgehead atoms. The molecule has 8 rings (SSSR count). The molecule has 0 radical (unpaired) electrons. The highest BCUT2D eigenvalue weighted by Gasteiger charge is 2.53. The van der Waals surface area contributed by atoms with Crippen LogP contribution in [0.5, 0.6) is 5.75 Å². The lowest BCUT2D eigenvalue weighted by molar-refractivity contribution is -0.117. The number of hydrogen-bond acceptors (Lipinski definition) is 4. The maximum Gasteiger partial charge on any atom is 0.119 e. The summed E-state index contributed by atoms with van der Waals surface area (Å²) in [6.07, 6.45) is 6.11. The molecule has 4 heterocycles. The number of aliphatic hydroxyl groups is 1. The van der Waals surface area contributed by atoms with Gasteiger partial charge in [0.1, 0.15) is 5.75 Å². The quantitative estimate of drug-likeness (QED) is 0.194. The van der Waals surface area contributed by atoms with Crippen molar-refractivity contribution in [3.8, 4) is 5.75 Å². The molecule has 1 aromatic heterocycles. The fraction of sp³-hybridized carbons (Fsp3) is 0.286. The van der Waals surface area contributed by atoms with Crippen molar-refractivity contribution in [2.75, 3.05) is 20.2 Å². The molecule has 3 saturated heterocycles. The molecule has 3 aliphatic rings. The van der Waals surface area contributed by atoms with Crippen LogP contribution in [-0.4, -0.2) is 40.7 Å². The summed E-state index contributed by atoms with van der Waals surface area (Å²) in [6, 6.07) is 27.6. The third kappa shape index (κ3) is 3.85. The van der Waals surface area contributed by atoms with Gasteiger partial charge >= 0.3 is 0 Å². The minimum Gasteiger partial charge on any atom is -0.497 e. The molecule has 4 nitrogen and oxygen atoms in total. The van der Waals surface area contributed by atoms with Gasteiger partial charge in [0.25, 0.3) is 0 Å². The van der Waals surface area contributed by atoms with Crippen LogP contribution in [0.3, 0.4) is 0 Å². The van der Waals surface area contributed by atoms with Gasteiger partial charge in [0.15, 0.2) is 0 Å². The summed E-state index contributed by atoms with van der Waals surface area (Å²) in [4.78, 5) is 7.19. The zero-order valence-corrected chi connectivity index (χ0v) is 22.4. The van der Waals surface area contributed by atoms with Crippen molar-refractivity contribution in [2.24, 2.45) is 11.8 Å². The molecule has 5 aromatic rings. The van der Waals surface area contributed by atoms with Crippen LogP contribution in [0.1, 0.15) is 30.1 Å². The van der Waals surface area contributed by atoms with Crippen LogP contribution in [0, 0.1) is 11.8 Å². The van der Waals surface area contributed by atoms with Crippen LogP contribution in [0.4, 0.5) is 0 Å². The van der Waals surface area contributed by atoms with E-state index in [0.29, 0.717) is 11.8 Å². The van der Waals surface area contributed by atoms with Crippen LogP contribution in [0.25, 0.3) is 32.4 Å². The highest BCUT2D eigenvalue weighted by atomic mass is 16.5. The summed E-state index contributed by atoms with van der Waals surface area (Å²) in [5, 5.41) is 18.6. The summed E-state index contributed by atoms with van der Waals surface area (Å²) in [7, 11) is 1.68. The average molecular weight is 515 g/mol. The third-order valence-electron chi connectivity index (χ3n) is 9.51. The number of pyridine rings is 1. The molecule has 0 amide bonds. The molecule has 4 aromatic carbocycles. The number of aromatic nitrogens is 1. The molecule has 39 heavy (non-hydrogen) atoms. The Hall–Kier alpha value is -3.73. The van der Waals surface area contributed by atoms with E-state index in [4.69, 9.17) is 4.74 Å². The van der Waals surface area contributed by atoms with Gasteiger partial charge in [-0.1, -0.05) is 54.6 Å². The number of piperidine rings is 3. The largest absolute Gasteiger partial charge is 0.497 e. The lowest BCUT2D eigenvalue weighted by Crippen LogP contribution is -2.64. The molecule has 3 fully saturated rings. The van der Waals surface area contributed by atoms with Crippen molar-refractivity contribution in [1.82, 2.24) is 9.88 Å². The fourth-order valence-corrected chi connectivity index (χ4v) is 7.51. The first kappa shape index (κ1) is 24.3. The first-order valence-electron chi connectivity index (χ1n) is 14.0. The molecular formula is C35H34N2O2. The van der Waals surface area contributed by atoms with E-state index in [1.807, 2.05) is 30.5 Å². The van der Waals surface area contributed by atoms with Crippen molar-refractivity contribution in [3.05, 3.63) is 109 Å². The van der Waals surface area contributed by atoms with Crippen LogP contribution in [-0.2, 0) is 6.42 Å². The minimum atomic E-state index is -0.693. The molecule has 4 heteroatoms. The zero-order valence-electron chi connectivity index (χ0n) is 22.4. The van der Waals surface area contributed by atoms with E-state index in [2.05, 4.69) is 77.1 Å². The Morgan fingerprint density at radius 1 is 1.03 bits per heavy atom. The molecule has 3 aliphatic heterocycles. The number of nitrogens with zero attached hydrogens (tertiary/aromatic N) is 2. The van der Waals surface area contributed by atoms with Crippen LogP contribution >= 0.6 is 0 Å². The first-order valence-corrected chi connectivity index (χ1v) is 14.0. The summed E-state index contributed by atoms with van der Waals surface area (Å²) < 4.78 is 5.57. The smallest absolute Gasteiger partial charge is 0.119 e. The number of aliphatic hydroxyl groups excluding tert-OH is 1. The summed E-state index contributed by atoms with van der Waals surface area (Å²) in [5.74, 6) is 1.74. The van der Waals surface area contributed by atoms with E-state index in [-0.39, 0.29) is 0 Å². The molecule has 0 aliphatic carbocycles. The normalized spacial score (nSPS) is 25.2. The second-order valence-corrected chi connectivity index (χ2v) is 11.4. The Morgan fingerprint density at radius 3 is 2.44 bits per heavy atom. The van der Waals surface area contributed by atoms with Crippen LogP contribution < -0.4 is 4.74 Å². The fourth-order valence-electron chi connectivity index (χ4n) is 7.51. The molecule has 5 unspecified atom stereocenters. The van der Waals surface area contributed by atoms with Crippen molar-refractivity contribution >= 4 is 32.4 Å². The Morgan fingerprint density at radius 2 is 1.77 bits per heavy atom. The van der Waals surface area contributed by atoms with Gasteiger partial charge in [0.2, 0.25) is 0 Å². The number of fused-ring (bicyclic) bond motifs is 6. The predicted molar refractivity (Wildman–Crippen MR) is 159 cm³/mol. The number of methoxy groups -OCH3 is 1. The number of rotatable bonds is 6. The molecule has 5 atom stereocenters. The van der Waals surface area contributed by atoms with E-state index in [1.54, 1.807) is 7.11 Å². The second-order valence-electron chi connectivity index (χ2n) is 11.4. The zero-order chi connectivity index (χ0) is 26.6. The minimum absolute atomic E-state index is 0.452. The molecule has 0 saturated carbocycles. The van der Waals surface area contributed by atoms with Crippen LogP contribution in [0.2, 0.25) is 0 Å². The van der Waals surface area contributed by atoms with Crippen molar-refractivity contribution < 1.29 is 9.84 Å². The van der Waals surface area contributed by atoms with Gasteiger partial charge in [0, 0.05) is 18.1 Å². The second kappa shape index (κ2) is 9.48. The highest BCUT2D eigenvalue weighted by Crippen LogP contribution is 2.51. The molecule has 1 N–H and O–H groups in total. The maximum atomic E-state index is 12.6. The van der Waals surface area contributed by atoms with E-state index in [9.17, 15) is 5.11 Å². The van der Waals surface area contributed by atoms with Gasteiger partial charge in [-0.2, -0.15) is 0 Å². The monoisotopic (exact) mass is 514 g/mol. The maximum absolute atomic E-state index is 12.6. The van der Waals surface area contributed by atoms with Gasteiger partial charge in [-0.15, -0.1) is 6.58 Å². The summed E-state index contributed by atoms with van der Waals surface area (Å²) >= 11 is 0. The SMILES string of the molecule is C=CC1CN2CCC1CC2(Cc1c2ccccc2cc2ccccc12)C(O)c1ccnc2ccc(OC)cc12. The van der Waals surface area contributed by atoms with Gasteiger partial charge in [-0.3, -0.25) is 9.88 Å². The van der Waals surface area contributed by atoms with Crippen LogP contribution in [0.15, 0.2) is 97.7 Å². The Bertz CT molecular complexity index is 1660. The lowest BCUT2D eigenvalue weighted by atomic mass is 9.63. The molecule has 0 spiro atoms. The first-order chi connectivity index (χ1) is 19.1. The third-order valence-corrected chi connectivity index (χ3v) is 9.51. The van der Waals surface area contributed by atoms with E-state index in [1.165, 1.54) is 27.1 Å². The van der Waals surface area contributed by atoms with Crippen molar-refractivity contribution in [3.63, 3.8) is 0 Å². The predicted octanol–water partition coefficient (Wildman–Crippen LogP) is 7.09. The van der Waals surface area contributed by atoms with Crippen molar-refractivity contribution in [2.45, 2.75) is 30.9 Å². The molecular weight excluding hydrogens is 480 g/mol. The van der Waals surface area contributed by atoms with Gasteiger partial charge in [0.05, 0.1) is 24.3 Å². The Balaban J connectivity index is 1.45. The number of hydrogen-bond donors (Lipinski definition) is 1. The molecule has 196 valence electrons. The van der Waals surface area contributed by atoms with E-state index < -0.39 is 11.6 Å². The highest BCUT2D eigenvalue weighted by molar-refractivity contribution is 6.02. The van der Waals surface area contributed by atoms with Gasteiger partial charge in [-0.25, -0.2) is 0 Å². The number of ether oxygens (including phenoxy) is 1. The van der Waals surface area contributed by atoms with Crippen molar-refractivity contribution in [1.29, 1.82) is 0 Å². The lowest BCUT2D eigenvalue weighted by Gasteiger charge is -2.59. The van der Waals surface area contributed by atoms with Gasteiger partial charge < -0.3 is 9.84 Å².